The van der Waals surface area contributed by atoms with Gasteiger partial charge in [-0.25, -0.2) is 0 Å². The van der Waals surface area contributed by atoms with E-state index in [2.05, 4.69) is 29.0 Å². The standard InChI is InChI=1S/C32H40F3N5O2/c1-21(2)23-5-7-26(8-6-23)32(42,30(4)19-39(20-30)14-11-31(33,34)35)27-15-25(17-36-18-27)29-16-28(37-38-29)24-9-12-40(13-10-24)22(3)41/h5-8,15-18,21,24,42H,9-14,19-20H2,1-4H3,(H,37,38)/t32-/m0/s1. The summed E-state index contributed by atoms with van der Waals surface area (Å²) in [4.78, 5) is 19.8. The monoisotopic (exact) mass is 583 g/mol. The minimum absolute atomic E-state index is 0.0941. The van der Waals surface area contributed by atoms with Crippen molar-refractivity contribution in [1.29, 1.82) is 0 Å². The van der Waals surface area contributed by atoms with Gasteiger partial charge in [0.2, 0.25) is 5.91 Å². The number of carbonyl (C=O) groups excluding carboxylic acids is 1. The first kappa shape index (κ1) is 30.2. The first-order chi connectivity index (χ1) is 19.8. The van der Waals surface area contributed by atoms with E-state index in [1.807, 2.05) is 48.2 Å². The number of amides is 1. The zero-order chi connectivity index (χ0) is 30.3. The molecule has 226 valence electrons. The summed E-state index contributed by atoms with van der Waals surface area (Å²) in [5.74, 6) is 0.681. The summed E-state index contributed by atoms with van der Waals surface area (Å²) >= 11 is 0. The number of pyridine rings is 1. The Morgan fingerprint density at radius 3 is 2.36 bits per heavy atom. The minimum Gasteiger partial charge on any atom is -0.380 e. The van der Waals surface area contributed by atoms with Gasteiger partial charge in [0.15, 0.2) is 0 Å². The first-order valence-electron chi connectivity index (χ1n) is 14.7. The highest BCUT2D eigenvalue weighted by Crippen LogP contribution is 2.51. The number of benzene rings is 1. The van der Waals surface area contributed by atoms with Crippen LogP contribution in [0.25, 0.3) is 11.3 Å². The van der Waals surface area contributed by atoms with Gasteiger partial charge < -0.3 is 14.9 Å². The average molecular weight is 584 g/mol. The predicted molar refractivity (Wildman–Crippen MR) is 155 cm³/mol. The van der Waals surface area contributed by atoms with E-state index < -0.39 is 23.6 Å². The van der Waals surface area contributed by atoms with Gasteiger partial charge in [-0.3, -0.25) is 14.9 Å². The van der Waals surface area contributed by atoms with Gasteiger partial charge in [-0.15, -0.1) is 0 Å². The number of aromatic amines is 1. The third-order valence-electron chi connectivity index (χ3n) is 9.15. The highest BCUT2D eigenvalue weighted by atomic mass is 19.4. The molecule has 1 atom stereocenters. The van der Waals surface area contributed by atoms with Gasteiger partial charge in [0.1, 0.15) is 5.60 Å². The molecule has 3 aromatic rings. The van der Waals surface area contributed by atoms with Crippen LogP contribution in [0.3, 0.4) is 0 Å². The molecule has 1 amide bonds. The molecule has 2 fully saturated rings. The topological polar surface area (TPSA) is 85.3 Å². The maximum absolute atomic E-state index is 12.9. The van der Waals surface area contributed by atoms with Crippen LogP contribution in [0.4, 0.5) is 13.2 Å². The summed E-state index contributed by atoms with van der Waals surface area (Å²) in [6, 6.07) is 11.8. The summed E-state index contributed by atoms with van der Waals surface area (Å²) < 4.78 is 38.7. The number of hydrogen-bond donors (Lipinski definition) is 2. The van der Waals surface area contributed by atoms with E-state index in [0.29, 0.717) is 48.9 Å². The largest absolute Gasteiger partial charge is 0.390 e. The number of nitrogens with one attached hydrogen (secondary N) is 1. The van der Waals surface area contributed by atoms with Crippen LogP contribution in [0.5, 0.6) is 0 Å². The van der Waals surface area contributed by atoms with Crippen molar-refractivity contribution in [3.63, 3.8) is 0 Å². The molecule has 42 heavy (non-hydrogen) atoms. The van der Waals surface area contributed by atoms with Crippen molar-refractivity contribution in [2.45, 2.75) is 70.6 Å². The number of aromatic nitrogens is 3. The lowest BCUT2D eigenvalue weighted by atomic mass is 9.62. The Hall–Kier alpha value is -3.24. The molecule has 0 radical (unpaired) electrons. The average Bonchev–Trinajstić information content (AvgIpc) is 3.44. The molecule has 2 N–H and O–H groups in total. The molecule has 0 unspecified atom stereocenters. The summed E-state index contributed by atoms with van der Waals surface area (Å²) in [6.45, 7) is 9.71. The lowest BCUT2D eigenvalue weighted by Crippen LogP contribution is -2.65. The van der Waals surface area contributed by atoms with Gasteiger partial charge in [0.05, 0.1) is 12.1 Å². The summed E-state index contributed by atoms with van der Waals surface area (Å²) in [6.07, 6.45) is -0.0298. The fraction of sp³-hybridized carbons (Fsp3) is 0.531. The Kier molecular flexibility index (Phi) is 8.24. The lowest BCUT2D eigenvalue weighted by Gasteiger charge is -2.57. The van der Waals surface area contributed by atoms with Crippen LogP contribution in [0.2, 0.25) is 0 Å². The molecule has 0 saturated carbocycles. The van der Waals surface area contributed by atoms with Gasteiger partial charge in [-0.05, 0) is 42.0 Å². The molecule has 0 aliphatic carbocycles. The molecule has 2 saturated heterocycles. The van der Waals surface area contributed by atoms with Crippen LogP contribution in [0, 0.1) is 5.41 Å². The van der Waals surface area contributed by atoms with Crippen LogP contribution in [0.1, 0.15) is 81.2 Å². The van der Waals surface area contributed by atoms with E-state index in [9.17, 15) is 23.1 Å². The molecule has 0 bridgehead atoms. The van der Waals surface area contributed by atoms with E-state index in [-0.39, 0.29) is 18.4 Å². The van der Waals surface area contributed by atoms with Crippen LogP contribution in [-0.2, 0) is 10.4 Å². The number of aliphatic hydroxyl groups is 1. The maximum Gasteiger partial charge on any atom is 0.390 e. The molecule has 5 rings (SSSR count). The quantitative estimate of drug-likeness (QED) is 0.349. The van der Waals surface area contributed by atoms with Gasteiger partial charge in [-0.2, -0.15) is 18.3 Å². The van der Waals surface area contributed by atoms with Gasteiger partial charge in [0, 0.05) is 80.2 Å². The Bertz CT molecular complexity index is 1390. The van der Waals surface area contributed by atoms with E-state index in [1.54, 1.807) is 24.2 Å². The van der Waals surface area contributed by atoms with Crippen molar-refractivity contribution in [3.8, 4) is 11.3 Å². The van der Waals surface area contributed by atoms with Crippen molar-refractivity contribution >= 4 is 5.91 Å². The van der Waals surface area contributed by atoms with Gasteiger partial charge >= 0.3 is 6.18 Å². The molecule has 0 spiro atoms. The number of H-pyrrole nitrogens is 1. The van der Waals surface area contributed by atoms with E-state index in [4.69, 9.17) is 0 Å². The molecule has 2 aliphatic heterocycles. The zero-order valence-electron chi connectivity index (χ0n) is 24.7. The molecule has 2 aromatic heterocycles. The predicted octanol–water partition coefficient (Wildman–Crippen LogP) is 5.83. The number of carbonyl (C=O) groups is 1. The smallest absolute Gasteiger partial charge is 0.380 e. The normalized spacial score (nSPS) is 19.5. The zero-order valence-corrected chi connectivity index (χ0v) is 24.7. The Morgan fingerprint density at radius 1 is 1.10 bits per heavy atom. The molecule has 7 nitrogen and oxygen atoms in total. The minimum atomic E-state index is -4.22. The Balaban J connectivity index is 1.44. The molecule has 2 aliphatic rings. The summed E-state index contributed by atoms with van der Waals surface area (Å²) in [5, 5.41) is 20.3. The van der Waals surface area contributed by atoms with Crippen LogP contribution >= 0.6 is 0 Å². The third kappa shape index (κ3) is 5.97. The summed E-state index contributed by atoms with van der Waals surface area (Å²) in [5.41, 5.74) is 2.62. The van der Waals surface area contributed by atoms with E-state index >= 15 is 0 Å². The highest BCUT2D eigenvalue weighted by Gasteiger charge is 2.56. The van der Waals surface area contributed by atoms with Crippen molar-refractivity contribution < 1.29 is 23.1 Å². The van der Waals surface area contributed by atoms with Crippen LogP contribution in [-0.4, -0.2) is 74.9 Å². The number of halogens is 3. The fourth-order valence-electron chi connectivity index (χ4n) is 6.56. The lowest BCUT2D eigenvalue weighted by molar-refractivity contribution is -0.164. The maximum atomic E-state index is 12.9. The second kappa shape index (κ2) is 11.4. The second-order valence-electron chi connectivity index (χ2n) is 12.6. The Labute approximate surface area is 245 Å². The molecule has 10 heteroatoms. The van der Waals surface area contributed by atoms with Crippen LogP contribution in [0.15, 0.2) is 48.8 Å². The number of alkyl halides is 3. The number of nitrogens with zero attached hydrogens (tertiary/aromatic N) is 4. The number of hydrogen-bond acceptors (Lipinski definition) is 5. The Morgan fingerprint density at radius 2 is 1.76 bits per heavy atom. The third-order valence-corrected chi connectivity index (χ3v) is 9.15. The van der Waals surface area contributed by atoms with Gasteiger partial charge in [-0.1, -0.05) is 45.0 Å². The highest BCUT2D eigenvalue weighted by molar-refractivity contribution is 5.73. The van der Waals surface area contributed by atoms with Crippen molar-refractivity contribution in [3.05, 3.63) is 71.2 Å². The first-order valence-corrected chi connectivity index (χ1v) is 14.7. The second-order valence-corrected chi connectivity index (χ2v) is 12.6. The van der Waals surface area contributed by atoms with Crippen molar-refractivity contribution in [2.75, 3.05) is 32.7 Å². The van der Waals surface area contributed by atoms with Gasteiger partial charge in [0.25, 0.3) is 0 Å². The van der Waals surface area contributed by atoms with Crippen molar-refractivity contribution in [2.24, 2.45) is 5.41 Å². The fourth-order valence-corrected chi connectivity index (χ4v) is 6.56. The SMILES string of the molecule is CC(=O)N1CCC(c2cc(-c3cncc([C@@](O)(c4ccc(C(C)C)cc4)C4(C)CN(CCC(F)(F)F)C4)c3)n[nH]2)CC1. The van der Waals surface area contributed by atoms with Crippen LogP contribution < -0.4 is 0 Å². The van der Waals surface area contributed by atoms with E-state index in [1.165, 1.54) is 0 Å². The number of likely N-dealkylation sites (tertiary alicyclic amines) is 2. The number of rotatable bonds is 8. The number of piperidine rings is 1. The van der Waals surface area contributed by atoms with E-state index in [0.717, 1.165) is 29.7 Å². The van der Waals surface area contributed by atoms with Crippen molar-refractivity contribution in [1.82, 2.24) is 25.0 Å². The molecular weight excluding hydrogens is 543 g/mol. The molecule has 1 aromatic carbocycles. The molecular formula is C32H40F3N5O2. The molecule has 4 heterocycles. The summed E-state index contributed by atoms with van der Waals surface area (Å²) in [7, 11) is 0.